The average molecular weight is 198 g/mol. The molecule has 2 heteroatoms. The summed E-state index contributed by atoms with van der Waals surface area (Å²) in [4.78, 5) is 0. The molecule has 0 amide bonds. The van der Waals surface area contributed by atoms with E-state index in [4.69, 9.17) is 0 Å². The summed E-state index contributed by atoms with van der Waals surface area (Å²) in [5, 5.41) is 7.10. The van der Waals surface area contributed by atoms with Crippen LogP contribution < -0.4 is 10.6 Å². The molecule has 1 fully saturated rings. The number of nitrogens with one attached hydrogen (secondary N) is 2. The molecule has 2 N–H and O–H groups in total. The lowest BCUT2D eigenvalue weighted by molar-refractivity contribution is 0.240. The van der Waals surface area contributed by atoms with Crippen LogP contribution in [0.3, 0.4) is 0 Å². The highest BCUT2D eigenvalue weighted by Gasteiger charge is 2.26. The average Bonchev–Trinajstić information content (AvgIpc) is 2.27. The van der Waals surface area contributed by atoms with Crippen LogP contribution in [0.25, 0.3) is 0 Å². The SMILES string of the molecule is CC1(CNC(C)(C)C)CCCNCC1. The minimum absolute atomic E-state index is 0.253. The molecule has 0 aliphatic carbocycles. The molecule has 0 aromatic rings. The second kappa shape index (κ2) is 4.63. The Morgan fingerprint density at radius 2 is 1.93 bits per heavy atom. The molecule has 1 rings (SSSR count). The van der Waals surface area contributed by atoms with E-state index in [2.05, 4.69) is 38.3 Å². The van der Waals surface area contributed by atoms with E-state index in [1.54, 1.807) is 0 Å². The molecule has 0 saturated carbocycles. The van der Waals surface area contributed by atoms with Crippen molar-refractivity contribution in [2.24, 2.45) is 5.41 Å². The van der Waals surface area contributed by atoms with Gasteiger partial charge in [0.2, 0.25) is 0 Å². The van der Waals surface area contributed by atoms with Gasteiger partial charge in [-0.3, -0.25) is 0 Å². The third kappa shape index (κ3) is 4.43. The highest BCUT2D eigenvalue weighted by molar-refractivity contribution is 4.83. The molecule has 2 nitrogen and oxygen atoms in total. The summed E-state index contributed by atoms with van der Waals surface area (Å²) < 4.78 is 0. The zero-order valence-corrected chi connectivity index (χ0v) is 10.2. The molecule has 1 saturated heterocycles. The monoisotopic (exact) mass is 198 g/mol. The Labute approximate surface area is 88.8 Å². The molecule has 0 bridgehead atoms. The molecule has 0 spiro atoms. The van der Waals surface area contributed by atoms with E-state index < -0.39 is 0 Å². The van der Waals surface area contributed by atoms with Crippen molar-refractivity contribution in [1.82, 2.24) is 10.6 Å². The van der Waals surface area contributed by atoms with Gasteiger partial charge in [0.15, 0.2) is 0 Å². The fraction of sp³-hybridized carbons (Fsp3) is 1.00. The second-order valence-corrected chi connectivity index (χ2v) is 6.02. The summed E-state index contributed by atoms with van der Waals surface area (Å²) >= 11 is 0. The summed E-state index contributed by atoms with van der Waals surface area (Å²) in [7, 11) is 0. The van der Waals surface area contributed by atoms with Gasteiger partial charge in [-0.1, -0.05) is 6.92 Å². The first-order valence-electron chi connectivity index (χ1n) is 5.87. The van der Waals surface area contributed by atoms with Crippen molar-refractivity contribution in [1.29, 1.82) is 0 Å². The largest absolute Gasteiger partial charge is 0.317 e. The molecule has 1 heterocycles. The third-order valence-electron chi connectivity index (χ3n) is 3.08. The summed E-state index contributed by atoms with van der Waals surface area (Å²) in [5.41, 5.74) is 0.750. The van der Waals surface area contributed by atoms with Gasteiger partial charge in [-0.15, -0.1) is 0 Å². The van der Waals surface area contributed by atoms with Gasteiger partial charge in [0.25, 0.3) is 0 Å². The van der Waals surface area contributed by atoms with Crippen molar-refractivity contribution in [3.63, 3.8) is 0 Å². The molecule has 84 valence electrons. The fourth-order valence-corrected chi connectivity index (χ4v) is 1.94. The van der Waals surface area contributed by atoms with Crippen LogP contribution in [0.4, 0.5) is 0 Å². The van der Waals surface area contributed by atoms with Crippen LogP contribution in [0.15, 0.2) is 0 Å². The molecule has 1 atom stereocenters. The first kappa shape index (κ1) is 12.0. The lowest BCUT2D eigenvalue weighted by atomic mass is 9.82. The van der Waals surface area contributed by atoms with Crippen LogP contribution in [-0.2, 0) is 0 Å². The van der Waals surface area contributed by atoms with Crippen LogP contribution in [0.1, 0.15) is 47.0 Å². The van der Waals surface area contributed by atoms with Gasteiger partial charge >= 0.3 is 0 Å². The Balaban J connectivity index is 2.39. The van der Waals surface area contributed by atoms with Crippen LogP contribution in [-0.4, -0.2) is 25.2 Å². The molecule has 1 aliphatic heterocycles. The number of hydrogen-bond acceptors (Lipinski definition) is 2. The van der Waals surface area contributed by atoms with Crippen LogP contribution >= 0.6 is 0 Å². The molecule has 1 unspecified atom stereocenters. The van der Waals surface area contributed by atoms with E-state index in [1.165, 1.54) is 32.4 Å². The summed E-state index contributed by atoms with van der Waals surface area (Å²) in [6.07, 6.45) is 3.97. The van der Waals surface area contributed by atoms with Gasteiger partial charge in [-0.05, 0) is 58.5 Å². The lowest BCUT2D eigenvalue weighted by Gasteiger charge is -2.32. The van der Waals surface area contributed by atoms with Crippen molar-refractivity contribution in [3.05, 3.63) is 0 Å². The number of hydrogen-bond donors (Lipinski definition) is 2. The normalized spacial score (nSPS) is 30.0. The van der Waals surface area contributed by atoms with Crippen molar-refractivity contribution < 1.29 is 0 Å². The van der Waals surface area contributed by atoms with E-state index in [0.717, 1.165) is 6.54 Å². The van der Waals surface area contributed by atoms with E-state index in [1.807, 2.05) is 0 Å². The zero-order chi connectivity index (χ0) is 10.7. The molecule has 0 aromatic carbocycles. The Kier molecular flexibility index (Phi) is 3.96. The van der Waals surface area contributed by atoms with Crippen molar-refractivity contribution in [2.45, 2.75) is 52.5 Å². The maximum Gasteiger partial charge on any atom is 0.00967 e. The van der Waals surface area contributed by atoms with Gasteiger partial charge in [0.05, 0.1) is 0 Å². The molecular weight excluding hydrogens is 172 g/mol. The highest BCUT2D eigenvalue weighted by atomic mass is 15.0. The topological polar surface area (TPSA) is 24.1 Å². The van der Waals surface area contributed by atoms with Crippen molar-refractivity contribution in [2.75, 3.05) is 19.6 Å². The smallest absolute Gasteiger partial charge is 0.00967 e. The van der Waals surface area contributed by atoms with Crippen molar-refractivity contribution >= 4 is 0 Å². The Hall–Kier alpha value is -0.0800. The minimum atomic E-state index is 0.253. The number of rotatable bonds is 2. The van der Waals surface area contributed by atoms with Crippen molar-refractivity contribution in [3.8, 4) is 0 Å². The van der Waals surface area contributed by atoms with Gasteiger partial charge in [-0.25, -0.2) is 0 Å². The molecule has 14 heavy (non-hydrogen) atoms. The molecular formula is C12H26N2. The predicted molar refractivity (Wildman–Crippen MR) is 62.6 cm³/mol. The molecule has 0 radical (unpaired) electrons. The highest BCUT2D eigenvalue weighted by Crippen LogP contribution is 2.28. The van der Waals surface area contributed by atoms with E-state index in [-0.39, 0.29) is 5.54 Å². The predicted octanol–water partition coefficient (Wildman–Crippen LogP) is 2.15. The van der Waals surface area contributed by atoms with Gasteiger partial charge in [0.1, 0.15) is 0 Å². The van der Waals surface area contributed by atoms with E-state index in [0.29, 0.717) is 5.41 Å². The summed E-state index contributed by atoms with van der Waals surface area (Å²) in [5.74, 6) is 0. The maximum atomic E-state index is 3.63. The van der Waals surface area contributed by atoms with Crippen LogP contribution in [0.5, 0.6) is 0 Å². The molecule has 0 aromatic heterocycles. The summed E-state index contributed by atoms with van der Waals surface area (Å²) in [6, 6.07) is 0. The van der Waals surface area contributed by atoms with E-state index in [9.17, 15) is 0 Å². The Morgan fingerprint density at radius 3 is 2.57 bits per heavy atom. The third-order valence-corrected chi connectivity index (χ3v) is 3.08. The molecule has 1 aliphatic rings. The van der Waals surface area contributed by atoms with E-state index >= 15 is 0 Å². The second-order valence-electron chi connectivity index (χ2n) is 6.02. The minimum Gasteiger partial charge on any atom is -0.317 e. The fourth-order valence-electron chi connectivity index (χ4n) is 1.94. The Morgan fingerprint density at radius 1 is 1.21 bits per heavy atom. The Bertz CT molecular complexity index is 162. The lowest BCUT2D eigenvalue weighted by Crippen LogP contribution is -2.43. The maximum absolute atomic E-state index is 3.63. The van der Waals surface area contributed by atoms with Crippen LogP contribution in [0, 0.1) is 5.41 Å². The first-order chi connectivity index (χ1) is 6.41. The zero-order valence-electron chi connectivity index (χ0n) is 10.2. The van der Waals surface area contributed by atoms with Gasteiger partial charge in [0, 0.05) is 12.1 Å². The first-order valence-corrected chi connectivity index (χ1v) is 5.87. The van der Waals surface area contributed by atoms with Gasteiger partial charge in [-0.2, -0.15) is 0 Å². The standard InChI is InChI=1S/C12H26N2/c1-11(2,3)14-10-12(4)6-5-8-13-9-7-12/h13-14H,5-10H2,1-4H3. The van der Waals surface area contributed by atoms with Gasteiger partial charge < -0.3 is 10.6 Å². The van der Waals surface area contributed by atoms with Crippen LogP contribution in [0.2, 0.25) is 0 Å². The quantitative estimate of drug-likeness (QED) is 0.710. The summed E-state index contributed by atoms with van der Waals surface area (Å²) in [6.45, 7) is 12.7.